The zero-order chi connectivity index (χ0) is 38.9. The van der Waals surface area contributed by atoms with E-state index in [9.17, 15) is 0 Å². The molecule has 0 heterocycles. The number of halogens is 3. The SMILES string of the molecule is CC(C)C1=[C-]CC=C1[Si](c1cc(C(C)(C)C)cc(C(C)(C)C)c1)(c1cc(C(C)(C)C)cc(C(C)(C)C)c1)c1cc(C(C)(C)C)cc(C(C)(C)C)c1.[Cl-].[Cl-].[Cl-].[Ti+4]. The Hall–Kier alpha value is -1.06. The summed E-state index contributed by atoms with van der Waals surface area (Å²) in [6, 6.07) is 23.4. The van der Waals surface area contributed by atoms with Gasteiger partial charge in [-0.2, -0.15) is 11.3 Å². The van der Waals surface area contributed by atoms with E-state index in [1.807, 2.05) is 0 Å². The van der Waals surface area contributed by atoms with Gasteiger partial charge in [0.2, 0.25) is 0 Å². The summed E-state index contributed by atoms with van der Waals surface area (Å²) < 4.78 is 0. The minimum atomic E-state index is -3.02. The molecular weight excluding hydrogens is 783 g/mol. The Bertz CT molecular complexity index is 1560. The van der Waals surface area contributed by atoms with Gasteiger partial charge in [-0.05, 0) is 65.9 Å². The molecular formula is C50H73Cl3SiTi. The molecule has 0 spiro atoms. The average molecular weight is 856 g/mol. The van der Waals surface area contributed by atoms with Crippen LogP contribution in [0.2, 0.25) is 0 Å². The summed E-state index contributed by atoms with van der Waals surface area (Å²) in [5.41, 5.74) is 9.92. The maximum absolute atomic E-state index is 3.95. The van der Waals surface area contributed by atoms with Gasteiger partial charge in [0.25, 0.3) is 0 Å². The van der Waals surface area contributed by atoms with E-state index < -0.39 is 8.07 Å². The minimum Gasteiger partial charge on any atom is -1.00 e. The predicted octanol–water partition coefficient (Wildman–Crippen LogP) is 3.21. The van der Waals surface area contributed by atoms with E-state index >= 15 is 0 Å². The standard InChI is InChI=1S/C50H73Si.3ClH.Ti/c1-33(2)43-22-21-23-44(43)51(40-27-34(45(3,4)5)24-35(28-40)46(6,7)8,41-29-36(47(9,10)11)25-37(30-41)48(12,13)14)42-31-38(49(15,16)17)26-39(32-42)50(18,19)20;;;;/h23-33H,21H2,1-20H3;3*1H;/q-1;;;;+4/p-3. The minimum absolute atomic E-state index is 0. The van der Waals surface area contributed by atoms with E-state index in [1.54, 1.807) is 5.20 Å². The van der Waals surface area contributed by atoms with Crippen LogP contribution < -0.4 is 52.8 Å². The van der Waals surface area contributed by atoms with Gasteiger partial charge >= 0.3 is 21.7 Å². The van der Waals surface area contributed by atoms with E-state index in [2.05, 4.69) is 205 Å². The van der Waals surface area contributed by atoms with Gasteiger partial charge in [0.1, 0.15) is 0 Å². The first-order valence-electron chi connectivity index (χ1n) is 19.7. The van der Waals surface area contributed by atoms with Crippen molar-refractivity contribution < 1.29 is 58.9 Å². The summed E-state index contributed by atoms with van der Waals surface area (Å²) in [5.74, 6) is 0.374. The molecule has 4 rings (SSSR count). The molecule has 0 atom stereocenters. The van der Waals surface area contributed by atoms with Crippen LogP contribution in [-0.2, 0) is 54.2 Å². The van der Waals surface area contributed by atoms with Crippen molar-refractivity contribution in [2.24, 2.45) is 5.92 Å². The molecule has 0 saturated carbocycles. The van der Waals surface area contributed by atoms with Crippen molar-refractivity contribution in [1.82, 2.24) is 0 Å². The first-order valence-corrected chi connectivity index (χ1v) is 21.7. The summed E-state index contributed by atoms with van der Waals surface area (Å²) in [4.78, 5) is 0. The van der Waals surface area contributed by atoms with Gasteiger partial charge in [-0.3, -0.25) is 6.08 Å². The topological polar surface area (TPSA) is 0 Å². The van der Waals surface area contributed by atoms with Crippen LogP contribution in [0.5, 0.6) is 0 Å². The van der Waals surface area contributed by atoms with Gasteiger partial charge in [0, 0.05) is 0 Å². The third-order valence-electron chi connectivity index (χ3n) is 11.2. The molecule has 3 aromatic rings. The molecule has 0 N–H and O–H groups in total. The molecule has 0 fully saturated rings. The van der Waals surface area contributed by atoms with Crippen LogP contribution in [-0.4, -0.2) is 8.07 Å². The molecule has 55 heavy (non-hydrogen) atoms. The zero-order valence-corrected chi connectivity index (χ0v) is 43.0. The van der Waals surface area contributed by atoms with E-state index in [-0.39, 0.29) is 91.4 Å². The molecule has 3 aromatic carbocycles. The number of rotatable bonds is 5. The monoisotopic (exact) mass is 854 g/mol. The van der Waals surface area contributed by atoms with Gasteiger partial charge in [-0.1, -0.05) is 215 Å². The van der Waals surface area contributed by atoms with E-state index in [0.29, 0.717) is 5.92 Å². The second-order valence-electron chi connectivity index (χ2n) is 22.2. The number of hydrogen-bond acceptors (Lipinski definition) is 0. The van der Waals surface area contributed by atoms with Crippen molar-refractivity contribution in [2.75, 3.05) is 0 Å². The Labute approximate surface area is 374 Å². The molecule has 0 unspecified atom stereocenters. The fourth-order valence-electron chi connectivity index (χ4n) is 7.44. The fraction of sp³-hybridized carbons (Fsp3) is 0.560. The molecule has 0 aliphatic heterocycles. The summed E-state index contributed by atoms with van der Waals surface area (Å²) >= 11 is 0. The Morgan fingerprint density at radius 3 is 0.818 bits per heavy atom. The second kappa shape index (κ2) is 18.1. The van der Waals surface area contributed by atoms with Gasteiger partial charge in [-0.15, -0.1) is 6.42 Å². The Morgan fingerprint density at radius 2 is 0.636 bits per heavy atom. The third-order valence-corrected chi connectivity index (χ3v) is 15.9. The van der Waals surface area contributed by atoms with Gasteiger partial charge in [0.05, 0.1) is 8.07 Å². The molecule has 0 bridgehead atoms. The summed E-state index contributed by atoms with van der Waals surface area (Å²) in [5, 5.41) is 6.06. The quantitative estimate of drug-likeness (QED) is 0.211. The van der Waals surface area contributed by atoms with Gasteiger partial charge in [0.15, 0.2) is 0 Å². The second-order valence-corrected chi connectivity index (χ2v) is 26.0. The van der Waals surface area contributed by atoms with Crippen molar-refractivity contribution in [3.8, 4) is 0 Å². The maximum atomic E-state index is 3.95. The van der Waals surface area contributed by atoms with Crippen molar-refractivity contribution in [1.29, 1.82) is 0 Å². The summed E-state index contributed by atoms with van der Waals surface area (Å²) in [6.45, 7) is 47.8. The predicted molar refractivity (Wildman–Crippen MR) is 230 cm³/mol. The van der Waals surface area contributed by atoms with Crippen LogP contribution in [0.25, 0.3) is 0 Å². The van der Waals surface area contributed by atoms with E-state index in [4.69, 9.17) is 0 Å². The van der Waals surface area contributed by atoms with Crippen LogP contribution in [0.1, 0.15) is 178 Å². The molecule has 302 valence electrons. The number of benzene rings is 3. The first kappa shape index (κ1) is 53.9. The van der Waals surface area contributed by atoms with Crippen molar-refractivity contribution in [3.05, 3.63) is 111 Å². The van der Waals surface area contributed by atoms with Crippen LogP contribution >= 0.6 is 0 Å². The van der Waals surface area contributed by atoms with Gasteiger partial charge < -0.3 is 37.2 Å². The fourth-order valence-corrected chi connectivity index (χ4v) is 12.8. The van der Waals surface area contributed by atoms with E-state index in [0.717, 1.165) is 6.42 Å². The Morgan fingerprint density at radius 1 is 0.418 bits per heavy atom. The largest absolute Gasteiger partial charge is 4.00 e. The average Bonchev–Trinajstić information content (AvgIpc) is 3.45. The van der Waals surface area contributed by atoms with Crippen LogP contribution in [0, 0.1) is 12.0 Å². The molecule has 0 saturated heterocycles. The van der Waals surface area contributed by atoms with Crippen LogP contribution in [0.15, 0.2) is 71.4 Å². The zero-order valence-electron chi connectivity index (χ0n) is 38.2. The van der Waals surface area contributed by atoms with Crippen molar-refractivity contribution in [2.45, 2.75) is 177 Å². The van der Waals surface area contributed by atoms with Crippen LogP contribution in [0.4, 0.5) is 0 Å². The first-order chi connectivity index (χ1) is 22.9. The summed E-state index contributed by atoms with van der Waals surface area (Å²) in [7, 11) is -3.02. The summed E-state index contributed by atoms with van der Waals surface area (Å²) in [6.07, 6.45) is 7.41. The van der Waals surface area contributed by atoms with Gasteiger partial charge in [-0.25, -0.2) is 5.57 Å². The normalized spacial score (nSPS) is 14.3. The van der Waals surface area contributed by atoms with Crippen LogP contribution in [0.3, 0.4) is 0 Å². The number of allylic oxidation sites excluding steroid dienone is 4. The molecule has 5 heteroatoms. The van der Waals surface area contributed by atoms with Crippen molar-refractivity contribution in [3.63, 3.8) is 0 Å². The smallest absolute Gasteiger partial charge is 1.00 e. The Kier molecular flexibility index (Phi) is 17.7. The number of hydrogen-bond donors (Lipinski definition) is 0. The molecule has 0 nitrogen and oxygen atoms in total. The van der Waals surface area contributed by atoms with Crippen molar-refractivity contribution >= 4 is 23.6 Å². The maximum Gasteiger partial charge on any atom is 4.00 e. The van der Waals surface area contributed by atoms with E-state index in [1.165, 1.54) is 54.5 Å². The molecule has 0 aromatic heterocycles. The molecule has 1 aliphatic carbocycles. The molecule has 1 aliphatic rings. The molecule has 0 radical (unpaired) electrons. The third kappa shape index (κ3) is 11.6. The Balaban J connectivity index is 0.00000729. The molecule has 0 amide bonds.